The van der Waals surface area contributed by atoms with E-state index in [1.165, 1.54) is 25.7 Å². The molecule has 0 aliphatic carbocycles. The van der Waals surface area contributed by atoms with Gasteiger partial charge in [0.25, 0.3) is 0 Å². The molecule has 0 saturated heterocycles. The molecule has 0 spiro atoms. The van der Waals surface area contributed by atoms with Gasteiger partial charge in [-0.25, -0.2) is 0 Å². The minimum Gasteiger partial charge on any atom is -0.481 e. The summed E-state index contributed by atoms with van der Waals surface area (Å²) in [5, 5.41) is 12.0. The molecule has 0 heterocycles. The molecule has 0 amide bonds. The summed E-state index contributed by atoms with van der Waals surface area (Å²) >= 11 is 0. The Bertz CT molecular complexity index is 171. The minimum atomic E-state index is -0.718. The number of rotatable bonds is 9. The average molecular weight is 215 g/mol. The van der Waals surface area contributed by atoms with Crippen LogP contribution < -0.4 is 5.32 Å². The van der Waals surface area contributed by atoms with E-state index in [1.807, 2.05) is 0 Å². The van der Waals surface area contributed by atoms with Crippen molar-refractivity contribution in [2.24, 2.45) is 11.8 Å². The average Bonchev–Trinajstić information content (AvgIpc) is 2.22. The molecule has 0 saturated carbocycles. The first-order valence-corrected chi connectivity index (χ1v) is 6.05. The lowest BCUT2D eigenvalue weighted by Gasteiger charge is -2.16. The lowest BCUT2D eigenvalue weighted by molar-refractivity contribution is -0.140. The van der Waals surface area contributed by atoms with Crippen molar-refractivity contribution in [2.45, 2.75) is 46.5 Å². The van der Waals surface area contributed by atoms with Crippen LogP contribution in [0.15, 0.2) is 0 Å². The molecule has 0 aromatic carbocycles. The summed E-state index contributed by atoms with van der Waals surface area (Å²) in [5.74, 6) is -0.302. The number of carboxylic acid groups (broad SMARTS) is 1. The van der Waals surface area contributed by atoms with Crippen LogP contribution in [-0.2, 0) is 4.79 Å². The third-order valence-electron chi connectivity index (χ3n) is 2.85. The van der Waals surface area contributed by atoms with Crippen LogP contribution in [0, 0.1) is 11.8 Å². The third kappa shape index (κ3) is 7.37. The van der Waals surface area contributed by atoms with Gasteiger partial charge in [-0.1, -0.05) is 40.0 Å². The molecule has 0 fully saturated rings. The quantitative estimate of drug-likeness (QED) is 0.621. The first kappa shape index (κ1) is 14.4. The van der Waals surface area contributed by atoms with Gasteiger partial charge in [0.05, 0.1) is 5.92 Å². The van der Waals surface area contributed by atoms with Crippen LogP contribution in [0.4, 0.5) is 0 Å². The van der Waals surface area contributed by atoms with Crippen molar-refractivity contribution in [3.05, 3.63) is 0 Å². The fourth-order valence-corrected chi connectivity index (χ4v) is 1.53. The Morgan fingerprint density at radius 2 is 2.00 bits per heavy atom. The maximum absolute atomic E-state index is 10.6. The zero-order valence-electron chi connectivity index (χ0n) is 10.3. The number of unbranched alkanes of at least 4 members (excludes halogenated alkanes) is 1. The Morgan fingerprint density at radius 3 is 2.47 bits per heavy atom. The van der Waals surface area contributed by atoms with Gasteiger partial charge in [0.1, 0.15) is 0 Å². The summed E-state index contributed by atoms with van der Waals surface area (Å²) in [4.78, 5) is 10.6. The third-order valence-corrected chi connectivity index (χ3v) is 2.85. The Balaban J connectivity index is 3.57. The van der Waals surface area contributed by atoms with E-state index in [4.69, 9.17) is 5.11 Å². The first-order chi connectivity index (χ1) is 7.11. The molecule has 0 bridgehead atoms. The van der Waals surface area contributed by atoms with Gasteiger partial charge in [0.15, 0.2) is 0 Å². The van der Waals surface area contributed by atoms with E-state index in [1.54, 1.807) is 6.92 Å². The smallest absolute Gasteiger partial charge is 0.307 e. The van der Waals surface area contributed by atoms with E-state index >= 15 is 0 Å². The van der Waals surface area contributed by atoms with E-state index in [9.17, 15) is 4.79 Å². The van der Waals surface area contributed by atoms with Crippen molar-refractivity contribution < 1.29 is 9.90 Å². The van der Waals surface area contributed by atoms with E-state index < -0.39 is 5.97 Å². The second kappa shape index (κ2) is 8.72. The Morgan fingerprint density at radius 1 is 1.33 bits per heavy atom. The van der Waals surface area contributed by atoms with Gasteiger partial charge < -0.3 is 10.4 Å². The number of aliphatic carboxylic acids is 1. The van der Waals surface area contributed by atoms with Gasteiger partial charge in [0, 0.05) is 6.54 Å². The summed E-state index contributed by atoms with van der Waals surface area (Å²) in [6, 6.07) is 0. The fraction of sp³-hybridized carbons (Fsp3) is 0.917. The number of carbonyl (C=O) groups is 1. The summed E-state index contributed by atoms with van der Waals surface area (Å²) in [5.41, 5.74) is 0. The molecular formula is C12H25NO2. The zero-order chi connectivity index (χ0) is 11.7. The van der Waals surface area contributed by atoms with Crippen LogP contribution in [0.25, 0.3) is 0 Å². The molecule has 0 aliphatic heterocycles. The van der Waals surface area contributed by atoms with Gasteiger partial charge in [-0.15, -0.1) is 0 Å². The molecule has 90 valence electrons. The standard InChI is InChI=1S/C12H25NO2/c1-4-6-7-11(5-2)9-13-8-10(3)12(14)15/h10-11,13H,4-9H2,1-3H3,(H,14,15). The largest absolute Gasteiger partial charge is 0.481 e. The molecule has 0 aliphatic rings. The summed E-state index contributed by atoms with van der Waals surface area (Å²) in [7, 11) is 0. The van der Waals surface area contributed by atoms with Crippen molar-refractivity contribution in [3.63, 3.8) is 0 Å². The minimum absolute atomic E-state index is 0.284. The van der Waals surface area contributed by atoms with E-state index in [0.29, 0.717) is 12.5 Å². The second-order valence-corrected chi connectivity index (χ2v) is 4.31. The highest BCUT2D eigenvalue weighted by molar-refractivity contribution is 5.69. The van der Waals surface area contributed by atoms with Crippen molar-refractivity contribution in [2.75, 3.05) is 13.1 Å². The SMILES string of the molecule is CCCCC(CC)CNCC(C)C(=O)O. The maximum Gasteiger partial charge on any atom is 0.307 e. The topological polar surface area (TPSA) is 49.3 Å². The molecular weight excluding hydrogens is 190 g/mol. The van der Waals surface area contributed by atoms with Gasteiger partial charge >= 0.3 is 5.97 Å². The number of hydrogen-bond acceptors (Lipinski definition) is 2. The molecule has 2 N–H and O–H groups in total. The predicted octanol–water partition coefficient (Wildman–Crippen LogP) is 2.51. The van der Waals surface area contributed by atoms with Gasteiger partial charge in [0.2, 0.25) is 0 Å². The molecule has 2 atom stereocenters. The first-order valence-electron chi connectivity index (χ1n) is 6.05. The lowest BCUT2D eigenvalue weighted by atomic mass is 9.99. The normalized spacial score (nSPS) is 14.9. The van der Waals surface area contributed by atoms with E-state index in [0.717, 1.165) is 6.54 Å². The molecule has 0 aromatic rings. The number of hydrogen-bond donors (Lipinski definition) is 2. The molecule has 2 unspecified atom stereocenters. The lowest BCUT2D eigenvalue weighted by Crippen LogP contribution is -2.30. The second-order valence-electron chi connectivity index (χ2n) is 4.31. The van der Waals surface area contributed by atoms with Crippen molar-refractivity contribution in [1.82, 2.24) is 5.32 Å². The highest BCUT2D eigenvalue weighted by Crippen LogP contribution is 2.11. The Labute approximate surface area is 93.3 Å². The van der Waals surface area contributed by atoms with Crippen LogP contribution >= 0.6 is 0 Å². The van der Waals surface area contributed by atoms with Gasteiger partial charge in [-0.05, 0) is 18.9 Å². The summed E-state index contributed by atoms with van der Waals surface area (Å²) < 4.78 is 0. The fourth-order valence-electron chi connectivity index (χ4n) is 1.53. The van der Waals surface area contributed by atoms with Crippen LogP contribution in [0.3, 0.4) is 0 Å². The molecule has 0 rings (SSSR count). The molecule has 3 heteroatoms. The van der Waals surface area contributed by atoms with Gasteiger partial charge in [-0.2, -0.15) is 0 Å². The summed E-state index contributed by atoms with van der Waals surface area (Å²) in [6.45, 7) is 7.67. The predicted molar refractivity (Wildman–Crippen MR) is 63.0 cm³/mol. The van der Waals surface area contributed by atoms with Gasteiger partial charge in [-0.3, -0.25) is 4.79 Å². The summed E-state index contributed by atoms with van der Waals surface area (Å²) in [6.07, 6.45) is 4.94. The van der Waals surface area contributed by atoms with Crippen LogP contribution in [0.5, 0.6) is 0 Å². The molecule has 0 radical (unpaired) electrons. The van der Waals surface area contributed by atoms with Crippen LogP contribution in [0.1, 0.15) is 46.5 Å². The van der Waals surface area contributed by atoms with E-state index in [2.05, 4.69) is 19.2 Å². The molecule has 3 nitrogen and oxygen atoms in total. The highest BCUT2D eigenvalue weighted by atomic mass is 16.4. The van der Waals surface area contributed by atoms with Crippen molar-refractivity contribution in [3.8, 4) is 0 Å². The number of nitrogens with one attached hydrogen (secondary N) is 1. The molecule has 0 aromatic heterocycles. The molecule has 15 heavy (non-hydrogen) atoms. The Kier molecular flexibility index (Phi) is 8.38. The Hall–Kier alpha value is -0.570. The van der Waals surface area contributed by atoms with Crippen LogP contribution in [-0.4, -0.2) is 24.2 Å². The maximum atomic E-state index is 10.6. The van der Waals surface area contributed by atoms with Crippen LogP contribution in [0.2, 0.25) is 0 Å². The van der Waals surface area contributed by atoms with Crippen molar-refractivity contribution >= 4 is 5.97 Å². The van der Waals surface area contributed by atoms with E-state index in [-0.39, 0.29) is 5.92 Å². The van der Waals surface area contributed by atoms with Crippen molar-refractivity contribution in [1.29, 1.82) is 0 Å². The highest BCUT2D eigenvalue weighted by Gasteiger charge is 2.11. The monoisotopic (exact) mass is 215 g/mol. The number of carboxylic acids is 1. The zero-order valence-corrected chi connectivity index (χ0v) is 10.3.